The standard InChI is InChI=1S/C18H15N5O5S/c24-16(8-9-17-20-18(22-28-17)13-6-3-4-10-19-13)23-29(25,26)11-14-12-5-1-2-7-15(12)27-21-14/h1-7,10H,8-9,11H2,(H,23,24). The van der Waals surface area contributed by atoms with Crippen LogP contribution in [-0.4, -0.2) is 34.6 Å². The van der Waals surface area contributed by atoms with E-state index < -0.39 is 21.7 Å². The Balaban J connectivity index is 1.35. The van der Waals surface area contributed by atoms with Crippen molar-refractivity contribution >= 4 is 26.9 Å². The second kappa shape index (κ2) is 7.80. The second-order valence-corrected chi connectivity index (χ2v) is 7.86. The molecule has 0 bridgehead atoms. The maximum Gasteiger partial charge on any atom is 0.240 e. The fourth-order valence-electron chi connectivity index (χ4n) is 2.66. The molecular formula is C18H15N5O5S. The van der Waals surface area contributed by atoms with Crippen LogP contribution < -0.4 is 4.72 Å². The molecule has 0 aliphatic carbocycles. The highest BCUT2D eigenvalue weighted by Gasteiger charge is 2.20. The van der Waals surface area contributed by atoms with Gasteiger partial charge in [-0.15, -0.1) is 0 Å². The molecule has 29 heavy (non-hydrogen) atoms. The van der Waals surface area contributed by atoms with Gasteiger partial charge in [-0.3, -0.25) is 14.5 Å². The lowest BCUT2D eigenvalue weighted by Crippen LogP contribution is -2.31. The Morgan fingerprint density at radius 3 is 2.69 bits per heavy atom. The molecule has 10 nitrogen and oxygen atoms in total. The van der Waals surface area contributed by atoms with Crippen LogP contribution in [0.15, 0.2) is 57.7 Å². The van der Waals surface area contributed by atoms with Crippen LogP contribution in [0, 0.1) is 0 Å². The van der Waals surface area contributed by atoms with Gasteiger partial charge < -0.3 is 9.05 Å². The first-order chi connectivity index (χ1) is 14.0. The summed E-state index contributed by atoms with van der Waals surface area (Å²) in [6, 6.07) is 12.2. The van der Waals surface area contributed by atoms with Gasteiger partial charge in [0.15, 0.2) is 5.58 Å². The van der Waals surface area contributed by atoms with Crippen LogP contribution in [0.1, 0.15) is 18.0 Å². The van der Waals surface area contributed by atoms with E-state index in [1.807, 2.05) is 4.72 Å². The number of carbonyl (C=O) groups is 1. The minimum Gasteiger partial charge on any atom is -0.356 e. The summed E-state index contributed by atoms with van der Waals surface area (Å²) in [6.07, 6.45) is 1.55. The summed E-state index contributed by atoms with van der Waals surface area (Å²) in [5.74, 6) is -0.650. The fraction of sp³-hybridized carbons (Fsp3) is 0.167. The Bertz CT molecular complexity index is 1250. The number of nitrogens with one attached hydrogen (secondary N) is 1. The molecule has 0 aliphatic rings. The third-order valence-corrected chi connectivity index (χ3v) is 5.17. The predicted octanol–water partition coefficient (Wildman–Crippen LogP) is 1.85. The molecule has 0 fully saturated rings. The molecule has 11 heteroatoms. The van der Waals surface area contributed by atoms with Crippen molar-refractivity contribution in [1.29, 1.82) is 0 Å². The third-order valence-electron chi connectivity index (χ3n) is 3.98. The Morgan fingerprint density at radius 1 is 1.03 bits per heavy atom. The number of amides is 1. The number of aryl methyl sites for hydroxylation is 1. The fourth-order valence-corrected chi connectivity index (χ4v) is 3.75. The van der Waals surface area contributed by atoms with Crippen LogP contribution in [0.2, 0.25) is 0 Å². The lowest BCUT2D eigenvalue weighted by Gasteiger charge is -2.04. The lowest BCUT2D eigenvalue weighted by atomic mass is 10.2. The molecule has 1 amide bonds. The molecule has 148 valence electrons. The van der Waals surface area contributed by atoms with Gasteiger partial charge >= 0.3 is 0 Å². The van der Waals surface area contributed by atoms with E-state index in [0.29, 0.717) is 22.5 Å². The zero-order chi connectivity index (χ0) is 20.3. The molecule has 1 N–H and O–H groups in total. The van der Waals surface area contributed by atoms with Crippen molar-refractivity contribution in [3.05, 3.63) is 60.2 Å². The molecule has 4 aromatic rings. The minimum atomic E-state index is -3.94. The number of aromatic nitrogens is 4. The van der Waals surface area contributed by atoms with Gasteiger partial charge in [-0.2, -0.15) is 4.98 Å². The first-order valence-corrected chi connectivity index (χ1v) is 10.3. The summed E-state index contributed by atoms with van der Waals surface area (Å²) >= 11 is 0. The van der Waals surface area contributed by atoms with Gasteiger partial charge in [0.25, 0.3) is 0 Å². The predicted molar refractivity (Wildman–Crippen MR) is 101 cm³/mol. The second-order valence-electron chi connectivity index (χ2n) is 6.14. The molecule has 0 spiro atoms. The Hall–Kier alpha value is -3.60. The Morgan fingerprint density at radius 2 is 1.86 bits per heavy atom. The van der Waals surface area contributed by atoms with Gasteiger partial charge in [-0.05, 0) is 24.3 Å². The highest BCUT2D eigenvalue weighted by Crippen LogP contribution is 2.19. The smallest absolute Gasteiger partial charge is 0.240 e. The Kier molecular flexibility index (Phi) is 5.04. The van der Waals surface area contributed by atoms with Gasteiger partial charge in [0.1, 0.15) is 17.1 Å². The monoisotopic (exact) mass is 413 g/mol. The number of benzene rings is 1. The van der Waals surface area contributed by atoms with Crippen molar-refractivity contribution in [1.82, 2.24) is 25.0 Å². The van der Waals surface area contributed by atoms with Gasteiger partial charge in [0.05, 0.1) is 0 Å². The molecule has 3 aromatic heterocycles. The van der Waals surface area contributed by atoms with Crippen LogP contribution in [0.3, 0.4) is 0 Å². The summed E-state index contributed by atoms with van der Waals surface area (Å²) in [5, 5.41) is 8.15. The summed E-state index contributed by atoms with van der Waals surface area (Å²) < 4.78 is 36.7. The van der Waals surface area contributed by atoms with Crippen molar-refractivity contribution in [2.24, 2.45) is 0 Å². The lowest BCUT2D eigenvalue weighted by molar-refractivity contribution is -0.119. The van der Waals surface area contributed by atoms with E-state index in [1.54, 1.807) is 48.7 Å². The van der Waals surface area contributed by atoms with Crippen LogP contribution in [0.5, 0.6) is 0 Å². The maximum absolute atomic E-state index is 12.3. The van der Waals surface area contributed by atoms with Gasteiger partial charge in [0.2, 0.25) is 27.6 Å². The van der Waals surface area contributed by atoms with Crippen molar-refractivity contribution < 1.29 is 22.3 Å². The molecule has 1 aromatic carbocycles. The van der Waals surface area contributed by atoms with E-state index in [2.05, 4.69) is 20.3 Å². The Labute approximate surface area is 165 Å². The maximum atomic E-state index is 12.3. The van der Waals surface area contributed by atoms with E-state index in [-0.39, 0.29) is 24.4 Å². The largest absolute Gasteiger partial charge is 0.356 e. The van der Waals surface area contributed by atoms with Crippen LogP contribution in [0.4, 0.5) is 0 Å². The minimum absolute atomic E-state index is 0.0913. The van der Waals surface area contributed by atoms with E-state index in [1.165, 1.54) is 0 Å². The molecule has 0 saturated carbocycles. The average molecular weight is 413 g/mol. The third kappa shape index (κ3) is 4.46. The van der Waals surface area contributed by atoms with Gasteiger partial charge in [-0.1, -0.05) is 28.5 Å². The zero-order valence-corrected chi connectivity index (χ0v) is 15.8. The summed E-state index contributed by atoms with van der Waals surface area (Å²) in [7, 11) is -3.94. The van der Waals surface area contributed by atoms with Crippen molar-refractivity contribution in [2.75, 3.05) is 0 Å². The number of fused-ring (bicyclic) bond motifs is 1. The van der Waals surface area contributed by atoms with Crippen LogP contribution >= 0.6 is 0 Å². The van der Waals surface area contributed by atoms with Crippen molar-refractivity contribution in [3.8, 4) is 11.5 Å². The number of nitrogens with zero attached hydrogens (tertiary/aromatic N) is 4. The van der Waals surface area contributed by atoms with E-state index in [0.717, 1.165) is 0 Å². The molecule has 0 atom stereocenters. The molecule has 3 heterocycles. The number of carbonyl (C=O) groups excluding carboxylic acids is 1. The number of hydrogen-bond donors (Lipinski definition) is 1. The molecule has 0 radical (unpaired) electrons. The number of pyridine rings is 1. The number of para-hydroxylation sites is 1. The highest BCUT2D eigenvalue weighted by atomic mass is 32.2. The normalized spacial score (nSPS) is 11.6. The van der Waals surface area contributed by atoms with E-state index in [4.69, 9.17) is 9.05 Å². The van der Waals surface area contributed by atoms with Gasteiger partial charge in [-0.25, -0.2) is 8.42 Å². The molecular weight excluding hydrogens is 398 g/mol. The summed E-state index contributed by atoms with van der Waals surface area (Å²) in [5.41, 5.74) is 1.25. The zero-order valence-electron chi connectivity index (χ0n) is 15.0. The SMILES string of the molecule is O=C(CCc1nc(-c2ccccn2)no1)NS(=O)(=O)Cc1noc2ccccc12. The first kappa shape index (κ1) is 18.7. The number of rotatable bonds is 7. The molecule has 4 rings (SSSR count). The van der Waals surface area contributed by atoms with E-state index >= 15 is 0 Å². The molecule has 0 unspecified atom stereocenters. The topological polar surface area (TPSA) is 141 Å². The number of sulfonamides is 1. The first-order valence-electron chi connectivity index (χ1n) is 8.61. The van der Waals surface area contributed by atoms with Crippen molar-refractivity contribution in [3.63, 3.8) is 0 Å². The van der Waals surface area contributed by atoms with E-state index in [9.17, 15) is 13.2 Å². The highest BCUT2D eigenvalue weighted by molar-refractivity contribution is 7.89. The summed E-state index contributed by atoms with van der Waals surface area (Å²) in [6.45, 7) is 0. The average Bonchev–Trinajstić information content (AvgIpc) is 3.34. The van der Waals surface area contributed by atoms with Crippen molar-refractivity contribution in [2.45, 2.75) is 18.6 Å². The van der Waals surface area contributed by atoms with Crippen LogP contribution in [-0.2, 0) is 27.0 Å². The number of hydrogen-bond acceptors (Lipinski definition) is 9. The molecule has 0 aliphatic heterocycles. The summed E-state index contributed by atoms with van der Waals surface area (Å²) in [4.78, 5) is 20.3. The van der Waals surface area contributed by atoms with Gasteiger partial charge in [0, 0.05) is 24.4 Å². The molecule has 0 saturated heterocycles. The van der Waals surface area contributed by atoms with Crippen LogP contribution in [0.25, 0.3) is 22.5 Å². The quantitative estimate of drug-likeness (QED) is 0.480.